The highest BCUT2D eigenvalue weighted by molar-refractivity contribution is 7.89. The van der Waals surface area contributed by atoms with Crippen molar-refractivity contribution in [2.75, 3.05) is 18.5 Å². The largest absolute Gasteiger partial charge is 0.321 e. The maximum Gasteiger partial charge on any atom is 0.263 e. The number of amides is 2. The van der Waals surface area contributed by atoms with E-state index in [0.29, 0.717) is 0 Å². The number of piperazine rings is 1. The molecule has 0 radical (unpaired) electrons. The van der Waals surface area contributed by atoms with Crippen LogP contribution in [0.3, 0.4) is 0 Å². The van der Waals surface area contributed by atoms with Crippen molar-refractivity contribution in [1.82, 2.24) is 14.6 Å². The van der Waals surface area contributed by atoms with Crippen LogP contribution >= 0.6 is 0 Å². The summed E-state index contributed by atoms with van der Waals surface area (Å²) in [6.45, 7) is -0.872. The molecule has 0 aromatic carbocycles. The molecule has 2 amide bonds. The predicted molar refractivity (Wildman–Crippen MR) is 64.0 cm³/mol. The van der Waals surface area contributed by atoms with E-state index in [-0.39, 0.29) is 10.7 Å². The molecule has 0 bridgehead atoms. The molecule has 0 saturated carbocycles. The van der Waals surface area contributed by atoms with Crippen molar-refractivity contribution in [2.45, 2.75) is 5.03 Å². The SMILES string of the molecule is NNc1cccnc1S(=O)(=O)N1CC(=O)NC(=O)C1. The van der Waals surface area contributed by atoms with Gasteiger partial charge in [-0.25, -0.2) is 13.4 Å². The molecule has 1 fully saturated rings. The summed E-state index contributed by atoms with van der Waals surface area (Å²) in [6, 6.07) is 2.92. The Balaban J connectivity index is 2.42. The van der Waals surface area contributed by atoms with Crippen LogP contribution < -0.4 is 16.6 Å². The second-order valence-corrected chi connectivity index (χ2v) is 5.60. The Morgan fingerprint density at radius 3 is 2.53 bits per heavy atom. The van der Waals surface area contributed by atoms with E-state index >= 15 is 0 Å². The van der Waals surface area contributed by atoms with Gasteiger partial charge in [0.1, 0.15) is 0 Å². The second kappa shape index (κ2) is 4.91. The fraction of sp³-hybridized carbons (Fsp3) is 0.222. The number of nitrogens with two attached hydrogens (primary N) is 1. The number of carbonyl (C=O) groups is 2. The number of nitrogen functional groups attached to an aromatic ring is 1. The van der Waals surface area contributed by atoms with E-state index in [0.717, 1.165) is 4.31 Å². The van der Waals surface area contributed by atoms with Crippen LogP contribution in [-0.4, -0.2) is 42.6 Å². The highest BCUT2D eigenvalue weighted by atomic mass is 32.2. The molecule has 4 N–H and O–H groups in total. The van der Waals surface area contributed by atoms with Crippen molar-refractivity contribution in [2.24, 2.45) is 5.84 Å². The van der Waals surface area contributed by atoms with Crippen molar-refractivity contribution >= 4 is 27.5 Å². The molecule has 1 aliphatic rings. The van der Waals surface area contributed by atoms with Crippen LogP contribution in [0.15, 0.2) is 23.4 Å². The van der Waals surface area contributed by atoms with E-state index in [1.807, 2.05) is 5.32 Å². The summed E-state index contributed by atoms with van der Waals surface area (Å²) in [5.74, 6) is 3.85. The number of hydrazine groups is 1. The average Bonchev–Trinajstić information content (AvgIpc) is 2.37. The number of rotatable bonds is 3. The van der Waals surface area contributed by atoms with Gasteiger partial charge in [-0.05, 0) is 12.1 Å². The number of carbonyl (C=O) groups excluding carboxylic acids is 2. The van der Waals surface area contributed by atoms with E-state index in [1.165, 1.54) is 18.3 Å². The predicted octanol–water partition coefficient (Wildman–Crippen LogP) is -1.99. The van der Waals surface area contributed by atoms with Crippen LogP contribution in [0.2, 0.25) is 0 Å². The Labute approximate surface area is 108 Å². The van der Waals surface area contributed by atoms with Gasteiger partial charge in [0.25, 0.3) is 10.0 Å². The normalized spacial score (nSPS) is 17.1. The fourth-order valence-electron chi connectivity index (χ4n) is 1.61. The van der Waals surface area contributed by atoms with E-state index in [4.69, 9.17) is 5.84 Å². The van der Waals surface area contributed by atoms with Gasteiger partial charge < -0.3 is 5.43 Å². The number of imide groups is 1. The lowest BCUT2D eigenvalue weighted by atomic mass is 10.4. The van der Waals surface area contributed by atoms with Crippen LogP contribution in [0, 0.1) is 0 Å². The molecular formula is C9H11N5O4S. The number of sulfonamides is 1. The molecule has 0 spiro atoms. The van der Waals surface area contributed by atoms with Crippen molar-refractivity contribution < 1.29 is 18.0 Å². The molecule has 9 nitrogen and oxygen atoms in total. The molecule has 0 atom stereocenters. The maximum atomic E-state index is 12.3. The summed E-state index contributed by atoms with van der Waals surface area (Å²) in [6.07, 6.45) is 1.28. The summed E-state index contributed by atoms with van der Waals surface area (Å²) in [4.78, 5) is 26.2. The van der Waals surface area contributed by atoms with Crippen LogP contribution in [0.5, 0.6) is 0 Å². The third-order valence-corrected chi connectivity index (χ3v) is 4.18. The molecule has 1 aromatic heterocycles. The minimum absolute atomic E-state index is 0.0842. The Bertz CT molecular complexity index is 613. The summed E-state index contributed by atoms with van der Waals surface area (Å²) in [5, 5.41) is 1.68. The van der Waals surface area contributed by atoms with E-state index < -0.39 is 34.9 Å². The first-order valence-corrected chi connectivity index (χ1v) is 6.63. The molecule has 1 aliphatic heterocycles. The summed E-state index contributed by atoms with van der Waals surface area (Å²) < 4.78 is 25.3. The maximum absolute atomic E-state index is 12.3. The average molecular weight is 285 g/mol. The van der Waals surface area contributed by atoms with Crippen molar-refractivity contribution in [1.29, 1.82) is 0 Å². The first-order valence-electron chi connectivity index (χ1n) is 5.19. The zero-order valence-electron chi connectivity index (χ0n) is 9.66. The number of nitrogens with one attached hydrogen (secondary N) is 2. The van der Waals surface area contributed by atoms with Gasteiger partial charge in [-0.2, -0.15) is 4.31 Å². The number of hydrogen-bond donors (Lipinski definition) is 3. The smallest absolute Gasteiger partial charge is 0.263 e. The minimum Gasteiger partial charge on any atom is -0.321 e. The standard InChI is InChI=1S/C9H11N5O4S/c10-13-6-2-1-3-11-9(6)19(17,18)14-4-7(15)12-8(16)5-14/h1-3,13H,4-5,10H2,(H,12,15,16). The van der Waals surface area contributed by atoms with E-state index in [2.05, 4.69) is 10.4 Å². The highest BCUT2D eigenvalue weighted by Gasteiger charge is 2.35. The van der Waals surface area contributed by atoms with Gasteiger partial charge in [0.2, 0.25) is 11.8 Å². The zero-order chi connectivity index (χ0) is 14.0. The third-order valence-electron chi connectivity index (χ3n) is 2.43. The molecular weight excluding hydrogens is 274 g/mol. The lowest BCUT2D eigenvalue weighted by Gasteiger charge is -2.24. The van der Waals surface area contributed by atoms with Gasteiger partial charge in [0.05, 0.1) is 18.8 Å². The molecule has 19 heavy (non-hydrogen) atoms. The van der Waals surface area contributed by atoms with Gasteiger partial charge in [-0.1, -0.05) is 0 Å². The number of nitrogens with zero attached hydrogens (tertiary/aromatic N) is 2. The van der Waals surface area contributed by atoms with Crippen LogP contribution in [-0.2, 0) is 19.6 Å². The Morgan fingerprint density at radius 1 is 1.32 bits per heavy atom. The summed E-state index contributed by atoms with van der Waals surface area (Å²) in [5.41, 5.74) is 2.29. The Kier molecular flexibility index (Phi) is 3.46. The number of aromatic nitrogens is 1. The number of hydrogen-bond acceptors (Lipinski definition) is 7. The summed E-state index contributed by atoms with van der Waals surface area (Å²) >= 11 is 0. The second-order valence-electron chi connectivity index (χ2n) is 3.74. The molecule has 1 aromatic rings. The van der Waals surface area contributed by atoms with E-state index in [1.54, 1.807) is 0 Å². The molecule has 10 heteroatoms. The number of anilines is 1. The monoisotopic (exact) mass is 285 g/mol. The lowest BCUT2D eigenvalue weighted by molar-refractivity contribution is -0.134. The number of pyridine rings is 1. The quantitative estimate of drug-likeness (QED) is 0.332. The Hall–Kier alpha value is -2.04. The van der Waals surface area contributed by atoms with Crippen molar-refractivity contribution in [3.8, 4) is 0 Å². The van der Waals surface area contributed by atoms with Gasteiger partial charge in [0, 0.05) is 6.20 Å². The van der Waals surface area contributed by atoms with Gasteiger partial charge in [-0.3, -0.25) is 20.7 Å². The van der Waals surface area contributed by atoms with E-state index in [9.17, 15) is 18.0 Å². The molecule has 2 rings (SSSR count). The molecule has 102 valence electrons. The van der Waals surface area contributed by atoms with Gasteiger partial charge >= 0.3 is 0 Å². The Morgan fingerprint density at radius 2 is 1.95 bits per heavy atom. The van der Waals surface area contributed by atoms with Crippen molar-refractivity contribution in [3.63, 3.8) is 0 Å². The molecule has 0 aliphatic carbocycles. The van der Waals surface area contributed by atoms with Crippen molar-refractivity contribution in [3.05, 3.63) is 18.3 Å². The fourth-order valence-corrected chi connectivity index (χ4v) is 3.03. The summed E-state index contributed by atoms with van der Waals surface area (Å²) in [7, 11) is -4.07. The van der Waals surface area contributed by atoms with Gasteiger partial charge in [0.15, 0.2) is 5.03 Å². The topological polar surface area (TPSA) is 134 Å². The molecule has 2 heterocycles. The third kappa shape index (κ3) is 2.54. The lowest BCUT2D eigenvalue weighted by Crippen LogP contribution is -2.53. The molecule has 0 unspecified atom stereocenters. The minimum atomic E-state index is -4.07. The van der Waals surface area contributed by atoms with Crippen LogP contribution in [0.25, 0.3) is 0 Å². The molecule has 1 saturated heterocycles. The zero-order valence-corrected chi connectivity index (χ0v) is 10.5. The first-order chi connectivity index (χ1) is 8.95. The van der Waals surface area contributed by atoms with Gasteiger partial charge in [-0.15, -0.1) is 0 Å². The highest BCUT2D eigenvalue weighted by Crippen LogP contribution is 2.21. The van der Waals surface area contributed by atoms with Crippen LogP contribution in [0.1, 0.15) is 0 Å². The first kappa shape index (κ1) is 13.4. The van der Waals surface area contributed by atoms with Crippen LogP contribution in [0.4, 0.5) is 5.69 Å².